The highest BCUT2D eigenvalue weighted by atomic mass is 16.3. The van der Waals surface area contributed by atoms with Gasteiger partial charge in [0.25, 0.3) is 0 Å². The standard InChI is InChI=1S/C12H16N4O2/c1-8-3-4-10(18-8)12-9(6-15-16-12)5-14-7-11(17)13-2/h3-4,6,14H,5,7H2,1-2H3,(H,13,17)(H,15,16). The molecule has 0 bridgehead atoms. The number of hydrogen-bond donors (Lipinski definition) is 3. The Hall–Kier alpha value is -2.08. The molecule has 6 nitrogen and oxygen atoms in total. The molecule has 0 aliphatic rings. The lowest BCUT2D eigenvalue weighted by atomic mass is 10.2. The van der Waals surface area contributed by atoms with Crippen LogP contribution in [-0.2, 0) is 11.3 Å². The van der Waals surface area contributed by atoms with Gasteiger partial charge in [0, 0.05) is 19.2 Å². The van der Waals surface area contributed by atoms with E-state index in [0.29, 0.717) is 6.54 Å². The monoisotopic (exact) mass is 248 g/mol. The van der Waals surface area contributed by atoms with E-state index in [1.165, 1.54) is 0 Å². The smallest absolute Gasteiger partial charge is 0.233 e. The second kappa shape index (κ2) is 5.50. The van der Waals surface area contributed by atoms with Gasteiger partial charge in [-0.2, -0.15) is 5.10 Å². The van der Waals surface area contributed by atoms with Crippen LogP contribution in [-0.4, -0.2) is 29.7 Å². The van der Waals surface area contributed by atoms with Crippen molar-refractivity contribution in [1.29, 1.82) is 0 Å². The van der Waals surface area contributed by atoms with Crippen LogP contribution in [0, 0.1) is 6.92 Å². The largest absolute Gasteiger partial charge is 0.460 e. The van der Waals surface area contributed by atoms with Crippen molar-refractivity contribution in [2.45, 2.75) is 13.5 Å². The number of likely N-dealkylation sites (N-methyl/N-ethyl adjacent to an activating group) is 1. The molecule has 0 aliphatic heterocycles. The summed E-state index contributed by atoms with van der Waals surface area (Å²) in [6, 6.07) is 3.79. The number of nitrogens with zero attached hydrogens (tertiary/aromatic N) is 1. The number of carbonyl (C=O) groups is 1. The van der Waals surface area contributed by atoms with Crippen LogP contribution in [0.5, 0.6) is 0 Å². The number of H-pyrrole nitrogens is 1. The molecule has 0 atom stereocenters. The predicted molar refractivity (Wildman–Crippen MR) is 66.8 cm³/mol. The average molecular weight is 248 g/mol. The van der Waals surface area contributed by atoms with Crippen molar-refractivity contribution in [3.05, 3.63) is 29.7 Å². The van der Waals surface area contributed by atoms with Gasteiger partial charge in [-0.05, 0) is 19.1 Å². The van der Waals surface area contributed by atoms with Gasteiger partial charge in [0.15, 0.2) is 5.76 Å². The lowest BCUT2D eigenvalue weighted by molar-refractivity contribution is -0.119. The lowest BCUT2D eigenvalue weighted by Gasteiger charge is -2.03. The van der Waals surface area contributed by atoms with Crippen molar-refractivity contribution in [2.24, 2.45) is 0 Å². The molecule has 3 N–H and O–H groups in total. The summed E-state index contributed by atoms with van der Waals surface area (Å²) in [4.78, 5) is 11.1. The van der Waals surface area contributed by atoms with Gasteiger partial charge in [-0.3, -0.25) is 9.89 Å². The van der Waals surface area contributed by atoms with E-state index >= 15 is 0 Å². The number of aromatic amines is 1. The summed E-state index contributed by atoms with van der Waals surface area (Å²) in [7, 11) is 1.61. The molecule has 1 amide bonds. The first-order chi connectivity index (χ1) is 8.70. The van der Waals surface area contributed by atoms with Crippen molar-refractivity contribution in [3.8, 4) is 11.5 Å². The maximum atomic E-state index is 11.1. The summed E-state index contributed by atoms with van der Waals surface area (Å²) in [6.45, 7) is 2.72. The minimum atomic E-state index is -0.0473. The van der Waals surface area contributed by atoms with Crippen LogP contribution in [0.2, 0.25) is 0 Å². The highest BCUT2D eigenvalue weighted by Crippen LogP contribution is 2.22. The van der Waals surface area contributed by atoms with E-state index in [4.69, 9.17) is 4.42 Å². The van der Waals surface area contributed by atoms with Gasteiger partial charge < -0.3 is 15.1 Å². The Bertz CT molecular complexity index is 530. The molecular weight excluding hydrogens is 232 g/mol. The zero-order chi connectivity index (χ0) is 13.0. The van der Waals surface area contributed by atoms with Crippen molar-refractivity contribution >= 4 is 5.91 Å². The van der Waals surface area contributed by atoms with Gasteiger partial charge in [-0.15, -0.1) is 0 Å². The van der Waals surface area contributed by atoms with Crippen LogP contribution in [0.15, 0.2) is 22.7 Å². The predicted octanol–water partition coefficient (Wildman–Crippen LogP) is 0.814. The lowest BCUT2D eigenvalue weighted by Crippen LogP contribution is -2.30. The van der Waals surface area contributed by atoms with Crippen LogP contribution in [0.1, 0.15) is 11.3 Å². The van der Waals surface area contributed by atoms with Crippen molar-refractivity contribution < 1.29 is 9.21 Å². The van der Waals surface area contributed by atoms with E-state index in [-0.39, 0.29) is 12.5 Å². The second-order valence-electron chi connectivity index (χ2n) is 3.96. The van der Waals surface area contributed by atoms with Crippen LogP contribution >= 0.6 is 0 Å². The van der Waals surface area contributed by atoms with E-state index in [1.807, 2.05) is 19.1 Å². The Morgan fingerprint density at radius 1 is 1.50 bits per heavy atom. The normalized spacial score (nSPS) is 10.6. The first-order valence-corrected chi connectivity index (χ1v) is 5.71. The van der Waals surface area contributed by atoms with E-state index in [1.54, 1.807) is 13.2 Å². The molecule has 2 rings (SSSR count). The highest BCUT2D eigenvalue weighted by Gasteiger charge is 2.11. The fourth-order valence-corrected chi connectivity index (χ4v) is 1.63. The van der Waals surface area contributed by atoms with Crippen molar-refractivity contribution in [1.82, 2.24) is 20.8 Å². The minimum absolute atomic E-state index is 0.0473. The Balaban J connectivity index is 2.02. The third kappa shape index (κ3) is 2.78. The van der Waals surface area contributed by atoms with Gasteiger partial charge in [-0.1, -0.05) is 0 Å². The minimum Gasteiger partial charge on any atom is -0.460 e. The number of carbonyl (C=O) groups excluding carboxylic acids is 1. The van der Waals surface area contributed by atoms with Gasteiger partial charge in [0.1, 0.15) is 11.5 Å². The summed E-state index contributed by atoms with van der Waals surface area (Å²) in [5.41, 5.74) is 1.81. The molecule has 0 aliphatic carbocycles. The van der Waals surface area contributed by atoms with Crippen LogP contribution in [0.4, 0.5) is 0 Å². The molecule has 0 spiro atoms. The van der Waals surface area contributed by atoms with E-state index < -0.39 is 0 Å². The van der Waals surface area contributed by atoms with Gasteiger partial charge in [-0.25, -0.2) is 0 Å². The molecule has 2 aromatic heterocycles. The molecule has 0 radical (unpaired) electrons. The number of aromatic nitrogens is 2. The number of hydrogen-bond acceptors (Lipinski definition) is 4. The summed E-state index contributed by atoms with van der Waals surface area (Å²) in [5, 5.41) is 12.5. The van der Waals surface area contributed by atoms with Gasteiger partial charge in [0.05, 0.1) is 12.7 Å². The maximum Gasteiger partial charge on any atom is 0.233 e. The van der Waals surface area contributed by atoms with Crippen molar-refractivity contribution in [3.63, 3.8) is 0 Å². The first-order valence-electron chi connectivity index (χ1n) is 5.71. The molecule has 0 saturated carbocycles. The Morgan fingerprint density at radius 3 is 3.00 bits per heavy atom. The van der Waals surface area contributed by atoms with E-state index in [9.17, 15) is 4.79 Å². The molecule has 0 fully saturated rings. The third-order valence-corrected chi connectivity index (χ3v) is 2.58. The molecule has 2 aromatic rings. The fourth-order valence-electron chi connectivity index (χ4n) is 1.63. The SMILES string of the molecule is CNC(=O)CNCc1cn[nH]c1-c1ccc(C)o1. The van der Waals surface area contributed by atoms with Crippen molar-refractivity contribution in [2.75, 3.05) is 13.6 Å². The number of nitrogens with one attached hydrogen (secondary N) is 3. The van der Waals surface area contributed by atoms with E-state index in [0.717, 1.165) is 22.8 Å². The average Bonchev–Trinajstić information content (AvgIpc) is 2.97. The first kappa shape index (κ1) is 12.4. The van der Waals surface area contributed by atoms with Gasteiger partial charge in [0.2, 0.25) is 5.91 Å². The van der Waals surface area contributed by atoms with E-state index in [2.05, 4.69) is 20.8 Å². The number of rotatable bonds is 5. The van der Waals surface area contributed by atoms with Crippen LogP contribution in [0.25, 0.3) is 11.5 Å². The second-order valence-corrected chi connectivity index (χ2v) is 3.96. The Kier molecular flexibility index (Phi) is 3.78. The molecule has 6 heteroatoms. The number of amides is 1. The zero-order valence-corrected chi connectivity index (χ0v) is 10.4. The maximum absolute atomic E-state index is 11.1. The molecule has 2 heterocycles. The number of furan rings is 1. The molecule has 0 aromatic carbocycles. The van der Waals surface area contributed by atoms with Gasteiger partial charge >= 0.3 is 0 Å². The van der Waals surface area contributed by atoms with Crippen LogP contribution < -0.4 is 10.6 Å². The molecule has 0 unspecified atom stereocenters. The highest BCUT2D eigenvalue weighted by molar-refractivity contribution is 5.77. The topological polar surface area (TPSA) is 83.0 Å². The number of aryl methyl sites for hydroxylation is 1. The third-order valence-electron chi connectivity index (χ3n) is 2.58. The van der Waals surface area contributed by atoms with Crippen LogP contribution in [0.3, 0.4) is 0 Å². The molecule has 0 saturated heterocycles. The quantitative estimate of drug-likeness (QED) is 0.731. The summed E-state index contributed by atoms with van der Waals surface area (Å²) in [5.74, 6) is 1.56. The Labute approximate surface area is 105 Å². The Morgan fingerprint density at radius 2 is 2.33 bits per heavy atom. The molecule has 18 heavy (non-hydrogen) atoms. The summed E-state index contributed by atoms with van der Waals surface area (Å²) >= 11 is 0. The summed E-state index contributed by atoms with van der Waals surface area (Å²) < 4.78 is 5.54. The summed E-state index contributed by atoms with van der Waals surface area (Å²) in [6.07, 6.45) is 1.73. The molecule has 96 valence electrons. The molecular formula is C12H16N4O2. The fraction of sp³-hybridized carbons (Fsp3) is 0.333. The zero-order valence-electron chi connectivity index (χ0n) is 10.4.